The summed E-state index contributed by atoms with van der Waals surface area (Å²) in [6.07, 6.45) is 2.52. The van der Waals surface area contributed by atoms with Gasteiger partial charge in [-0.05, 0) is 44.4 Å². The second kappa shape index (κ2) is 8.35. The van der Waals surface area contributed by atoms with Crippen molar-refractivity contribution >= 4 is 18.3 Å². The number of rotatable bonds is 4. The Kier molecular flexibility index (Phi) is 7.12. The lowest BCUT2D eigenvalue weighted by Gasteiger charge is -2.31. The Morgan fingerprint density at radius 1 is 1.48 bits per heavy atom. The molecule has 0 bridgehead atoms. The second-order valence-electron chi connectivity index (χ2n) is 5.70. The van der Waals surface area contributed by atoms with Crippen LogP contribution in [0.2, 0.25) is 0 Å². The summed E-state index contributed by atoms with van der Waals surface area (Å²) in [6.45, 7) is 4.95. The van der Waals surface area contributed by atoms with Gasteiger partial charge in [-0.25, -0.2) is 4.39 Å². The number of hydrogen-bond donors (Lipinski definition) is 2. The molecule has 0 aliphatic carbocycles. The van der Waals surface area contributed by atoms with E-state index in [2.05, 4.69) is 17.6 Å². The van der Waals surface area contributed by atoms with Crippen molar-refractivity contribution in [3.05, 3.63) is 35.6 Å². The average Bonchev–Trinajstić information content (AvgIpc) is 2.43. The first kappa shape index (κ1) is 17.9. The van der Waals surface area contributed by atoms with Gasteiger partial charge in [0.05, 0.1) is 0 Å². The van der Waals surface area contributed by atoms with E-state index in [9.17, 15) is 9.18 Å². The number of nitrogens with one attached hydrogen (secondary N) is 2. The van der Waals surface area contributed by atoms with Gasteiger partial charge in [0.1, 0.15) is 5.82 Å². The van der Waals surface area contributed by atoms with Gasteiger partial charge in [0, 0.05) is 18.0 Å². The molecule has 1 fully saturated rings. The number of carbonyl (C=O) groups is 1. The van der Waals surface area contributed by atoms with Crippen LogP contribution < -0.4 is 10.6 Å². The minimum atomic E-state index is -0.236. The van der Waals surface area contributed by atoms with Gasteiger partial charge >= 0.3 is 0 Å². The Bertz CT molecular complexity index is 469. The van der Waals surface area contributed by atoms with Crippen molar-refractivity contribution in [1.29, 1.82) is 0 Å². The smallest absolute Gasteiger partial charge is 0.223 e. The van der Waals surface area contributed by atoms with Crippen LogP contribution in [0, 0.1) is 11.7 Å². The van der Waals surface area contributed by atoms with Crippen molar-refractivity contribution in [2.75, 3.05) is 6.54 Å². The highest BCUT2D eigenvalue weighted by atomic mass is 35.5. The van der Waals surface area contributed by atoms with Gasteiger partial charge in [-0.3, -0.25) is 4.79 Å². The maximum Gasteiger partial charge on any atom is 0.223 e. The fraction of sp³-hybridized carbons (Fsp3) is 0.562. The zero-order valence-electron chi connectivity index (χ0n) is 12.6. The van der Waals surface area contributed by atoms with Crippen LogP contribution in [-0.2, 0) is 11.2 Å². The zero-order valence-corrected chi connectivity index (χ0v) is 13.4. The predicted molar refractivity (Wildman–Crippen MR) is 85.1 cm³/mol. The van der Waals surface area contributed by atoms with Crippen LogP contribution in [0.15, 0.2) is 24.3 Å². The van der Waals surface area contributed by atoms with Gasteiger partial charge in [-0.2, -0.15) is 0 Å². The Morgan fingerprint density at radius 2 is 2.19 bits per heavy atom. The van der Waals surface area contributed by atoms with Crippen molar-refractivity contribution in [3.63, 3.8) is 0 Å². The molecule has 5 heteroatoms. The lowest BCUT2D eigenvalue weighted by molar-refractivity contribution is -0.125. The Hall–Kier alpha value is -1.13. The van der Waals surface area contributed by atoms with E-state index in [4.69, 9.17) is 0 Å². The molecule has 1 aromatic rings. The molecule has 0 saturated carbocycles. The first-order valence-electron chi connectivity index (χ1n) is 7.35. The molecule has 2 rings (SSSR count). The minimum Gasteiger partial charge on any atom is -0.352 e. The molecule has 3 nitrogen and oxygen atoms in total. The third-order valence-electron chi connectivity index (χ3n) is 4.02. The van der Waals surface area contributed by atoms with E-state index in [-0.39, 0.29) is 36.1 Å². The molecule has 118 valence electrons. The number of hydrogen-bond acceptors (Lipinski definition) is 2. The van der Waals surface area contributed by atoms with Gasteiger partial charge in [0.15, 0.2) is 0 Å². The summed E-state index contributed by atoms with van der Waals surface area (Å²) in [6, 6.07) is 7.12. The van der Waals surface area contributed by atoms with Crippen LogP contribution in [0.25, 0.3) is 0 Å². The molecule has 3 atom stereocenters. The van der Waals surface area contributed by atoms with E-state index in [1.54, 1.807) is 18.2 Å². The van der Waals surface area contributed by atoms with Gasteiger partial charge < -0.3 is 10.6 Å². The first-order chi connectivity index (χ1) is 9.58. The molecule has 1 heterocycles. The Morgan fingerprint density at radius 3 is 2.86 bits per heavy atom. The number of halogens is 2. The zero-order chi connectivity index (χ0) is 14.5. The molecule has 21 heavy (non-hydrogen) atoms. The Labute approximate surface area is 132 Å². The lowest BCUT2D eigenvalue weighted by atomic mass is 9.96. The largest absolute Gasteiger partial charge is 0.352 e. The topological polar surface area (TPSA) is 41.1 Å². The summed E-state index contributed by atoms with van der Waals surface area (Å²) in [5.41, 5.74) is 0.602. The molecule has 0 aromatic heterocycles. The SMILES string of the molecule is CC(Cc1ccccc1F)C(=O)NC1CCCNC1C.Cl. The van der Waals surface area contributed by atoms with E-state index < -0.39 is 0 Å². The van der Waals surface area contributed by atoms with Gasteiger partial charge in [0.2, 0.25) is 5.91 Å². The third kappa shape index (κ3) is 4.97. The van der Waals surface area contributed by atoms with Crippen molar-refractivity contribution in [2.45, 2.75) is 45.2 Å². The second-order valence-corrected chi connectivity index (χ2v) is 5.70. The minimum absolute atomic E-state index is 0. The summed E-state index contributed by atoms with van der Waals surface area (Å²) < 4.78 is 13.6. The fourth-order valence-corrected chi connectivity index (χ4v) is 2.65. The number of amides is 1. The summed E-state index contributed by atoms with van der Waals surface area (Å²) in [7, 11) is 0. The fourth-order valence-electron chi connectivity index (χ4n) is 2.65. The normalized spacial score (nSPS) is 23.0. The molecular weight excluding hydrogens is 291 g/mol. The van der Waals surface area contributed by atoms with E-state index in [0.29, 0.717) is 18.0 Å². The average molecular weight is 315 g/mol. The standard InChI is InChI=1S/C16H23FN2O.ClH/c1-11(10-13-6-3-4-7-14(13)17)16(20)19-15-8-5-9-18-12(15)2;/h3-4,6-7,11-12,15,18H,5,8-10H2,1-2H3,(H,19,20);1H. The lowest BCUT2D eigenvalue weighted by Crippen LogP contribution is -2.53. The maximum atomic E-state index is 13.6. The first-order valence-corrected chi connectivity index (χ1v) is 7.35. The van der Waals surface area contributed by atoms with Gasteiger partial charge in [-0.15, -0.1) is 12.4 Å². The maximum absolute atomic E-state index is 13.6. The molecule has 1 aliphatic heterocycles. The Balaban J connectivity index is 0.00000220. The number of carbonyl (C=O) groups excluding carboxylic acids is 1. The highest BCUT2D eigenvalue weighted by Crippen LogP contribution is 2.14. The van der Waals surface area contributed by atoms with Crippen LogP contribution in [0.5, 0.6) is 0 Å². The monoisotopic (exact) mass is 314 g/mol. The van der Waals surface area contributed by atoms with Crippen molar-refractivity contribution in [3.8, 4) is 0 Å². The quantitative estimate of drug-likeness (QED) is 0.897. The van der Waals surface area contributed by atoms with E-state index in [0.717, 1.165) is 19.4 Å². The summed E-state index contributed by atoms with van der Waals surface area (Å²) in [4.78, 5) is 12.2. The summed E-state index contributed by atoms with van der Waals surface area (Å²) in [5, 5.41) is 6.44. The van der Waals surface area contributed by atoms with Crippen LogP contribution in [0.4, 0.5) is 4.39 Å². The molecule has 1 amide bonds. The molecule has 1 aromatic carbocycles. The molecule has 0 radical (unpaired) electrons. The van der Waals surface area contributed by atoms with E-state index in [1.165, 1.54) is 6.07 Å². The van der Waals surface area contributed by atoms with E-state index in [1.807, 2.05) is 6.92 Å². The number of piperidine rings is 1. The highest BCUT2D eigenvalue weighted by Gasteiger charge is 2.24. The van der Waals surface area contributed by atoms with Crippen LogP contribution in [0.3, 0.4) is 0 Å². The van der Waals surface area contributed by atoms with Gasteiger partial charge in [-0.1, -0.05) is 25.1 Å². The molecule has 0 spiro atoms. The van der Waals surface area contributed by atoms with E-state index >= 15 is 0 Å². The van der Waals surface area contributed by atoms with Crippen LogP contribution >= 0.6 is 12.4 Å². The predicted octanol–water partition coefficient (Wildman–Crippen LogP) is 2.68. The molecule has 3 unspecified atom stereocenters. The molecule has 1 saturated heterocycles. The highest BCUT2D eigenvalue weighted by molar-refractivity contribution is 5.85. The van der Waals surface area contributed by atoms with Crippen LogP contribution in [0.1, 0.15) is 32.3 Å². The van der Waals surface area contributed by atoms with Crippen molar-refractivity contribution in [2.24, 2.45) is 5.92 Å². The molecule has 1 aliphatic rings. The van der Waals surface area contributed by atoms with Crippen LogP contribution in [-0.4, -0.2) is 24.5 Å². The van der Waals surface area contributed by atoms with Crippen molar-refractivity contribution in [1.82, 2.24) is 10.6 Å². The molecule has 2 N–H and O–H groups in total. The summed E-state index contributed by atoms with van der Waals surface area (Å²) >= 11 is 0. The summed E-state index contributed by atoms with van der Waals surface area (Å²) in [5.74, 6) is -0.449. The molecular formula is C16H24ClFN2O. The van der Waals surface area contributed by atoms with Gasteiger partial charge in [0.25, 0.3) is 0 Å². The third-order valence-corrected chi connectivity index (χ3v) is 4.02. The number of benzene rings is 1. The van der Waals surface area contributed by atoms with Crippen molar-refractivity contribution < 1.29 is 9.18 Å².